The maximum atomic E-state index is 12.6. The molecule has 3 heterocycles. The van der Waals surface area contributed by atoms with E-state index in [2.05, 4.69) is 10.3 Å². The van der Waals surface area contributed by atoms with Gasteiger partial charge in [0.15, 0.2) is 0 Å². The van der Waals surface area contributed by atoms with E-state index in [0.29, 0.717) is 22.9 Å². The van der Waals surface area contributed by atoms with Gasteiger partial charge in [0, 0.05) is 31.6 Å². The van der Waals surface area contributed by atoms with Crippen LogP contribution in [0, 0.1) is 11.8 Å². The van der Waals surface area contributed by atoms with Crippen LogP contribution in [0.4, 0.5) is 0 Å². The number of carbonyl (C=O) groups excluding carboxylic acids is 1. The molecule has 2 atom stereocenters. The van der Waals surface area contributed by atoms with Crippen molar-refractivity contribution in [3.63, 3.8) is 0 Å². The van der Waals surface area contributed by atoms with Gasteiger partial charge < -0.3 is 15.2 Å². The quantitative estimate of drug-likeness (QED) is 0.814. The Morgan fingerprint density at radius 3 is 2.62 bits per heavy atom. The van der Waals surface area contributed by atoms with Gasteiger partial charge in [-0.2, -0.15) is 0 Å². The molecule has 1 aromatic carbocycles. The van der Waals surface area contributed by atoms with Crippen LogP contribution >= 0.6 is 0 Å². The van der Waals surface area contributed by atoms with Crippen molar-refractivity contribution in [2.75, 3.05) is 26.2 Å². The number of nitrogens with one attached hydrogen (secondary N) is 2. The fraction of sp³-hybridized carbons (Fsp3) is 0.375. The zero-order valence-electron chi connectivity index (χ0n) is 11.6. The smallest absolute Gasteiger partial charge is 0.270 e. The molecule has 0 unspecified atom stereocenters. The lowest BCUT2D eigenvalue weighted by Crippen LogP contribution is -2.33. The molecule has 2 N–H and O–H groups in total. The van der Waals surface area contributed by atoms with E-state index in [4.69, 9.17) is 0 Å². The number of aromatic amines is 1. The highest BCUT2D eigenvalue weighted by atomic mass is 16.2. The van der Waals surface area contributed by atoms with Crippen molar-refractivity contribution in [3.05, 3.63) is 46.4 Å². The summed E-state index contributed by atoms with van der Waals surface area (Å²) in [4.78, 5) is 29.3. The molecule has 2 fully saturated rings. The molecule has 0 saturated carbocycles. The second kappa shape index (κ2) is 4.70. The van der Waals surface area contributed by atoms with E-state index in [0.717, 1.165) is 31.6 Å². The number of benzene rings is 1. The lowest BCUT2D eigenvalue weighted by atomic mass is 10.0. The molecular weight excluding hydrogens is 266 g/mol. The largest absolute Gasteiger partial charge is 0.337 e. The van der Waals surface area contributed by atoms with Crippen LogP contribution < -0.4 is 10.9 Å². The highest BCUT2D eigenvalue weighted by molar-refractivity contribution is 5.96. The number of aromatic nitrogens is 1. The van der Waals surface area contributed by atoms with E-state index >= 15 is 0 Å². The van der Waals surface area contributed by atoms with Gasteiger partial charge in [-0.15, -0.1) is 0 Å². The number of carbonyl (C=O) groups is 1. The number of hydrogen-bond donors (Lipinski definition) is 2. The second-order valence-corrected chi connectivity index (χ2v) is 5.99. The molecule has 1 aromatic heterocycles. The van der Waals surface area contributed by atoms with Crippen LogP contribution in [0.15, 0.2) is 35.1 Å². The number of rotatable bonds is 1. The third-order valence-corrected chi connectivity index (χ3v) is 4.66. The van der Waals surface area contributed by atoms with Crippen molar-refractivity contribution < 1.29 is 4.79 Å². The van der Waals surface area contributed by atoms with Crippen LogP contribution in [0.1, 0.15) is 10.5 Å². The Hall–Kier alpha value is -2.14. The number of H-pyrrole nitrogens is 1. The van der Waals surface area contributed by atoms with Crippen LogP contribution in [0.5, 0.6) is 0 Å². The molecule has 4 rings (SSSR count). The molecule has 5 heteroatoms. The average molecular weight is 283 g/mol. The summed E-state index contributed by atoms with van der Waals surface area (Å²) in [5.74, 6) is 1.05. The first-order chi connectivity index (χ1) is 10.2. The zero-order chi connectivity index (χ0) is 14.4. The Balaban J connectivity index is 1.67. The summed E-state index contributed by atoms with van der Waals surface area (Å²) < 4.78 is 0. The summed E-state index contributed by atoms with van der Waals surface area (Å²) in [6.45, 7) is 3.54. The molecule has 0 bridgehead atoms. The minimum Gasteiger partial charge on any atom is -0.337 e. The summed E-state index contributed by atoms with van der Waals surface area (Å²) >= 11 is 0. The molecule has 0 spiro atoms. The molecule has 2 saturated heterocycles. The van der Waals surface area contributed by atoms with Crippen LogP contribution in [0.3, 0.4) is 0 Å². The van der Waals surface area contributed by atoms with Crippen LogP contribution in [-0.2, 0) is 0 Å². The van der Waals surface area contributed by atoms with Gasteiger partial charge in [-0.05, 0) is 29.4 Å². The van der Waals surface area contributed by atoms with E-state index < -0.39 is 0 Å². The van der Waals surface area contributed by atoms with Gasteiger partial charge in [-0.1, -0.05) is 18.2 Å². The van der Waals surface area contributed by atoms with Crippen molar-refractivity contribution in [1.29, 1.82) is 0 Å². The Bertz CT molecular complexity index is 755. The third kappa shape index (κ3) is 2.05. The third-order valence-electron chi connectivity index (χ3n) is 4.66. The molecule has 2 aliphatic rings. The van der Waals surface area contributed by atoms with Gasteiger partial charge in [0.1, 0.15) is 5.69 Å². The van der Waals surface area contributed by atoms with Gasteiger partial charge >= 0.3 is 0 Å². The normalized spacial score (nSPS) is 24.5. The van der Waals surface area contributed by atoms with Crippen molar-refractivity contribution in [2.24, 2.45) is 11.8 Å². The molecule has 5 nitrogen and oxygen atoms in total. The Morgan fingerprint density at radius 1 is 1.14 bits per heavy atom. The molecule has 21 heavy (non-hydrogen) atoms. The van der Waals surface area contributed by atoms with E-state index in [1.54, 1.807) is 12.1 Å². The fourth-order valence-electron chi connectivity index (χ4n) is 3.52. The van der Waals surface area contributed by atoms with Crippen LogP contribution in [-0.4, -0.2) is 42.0 Å². The number of amides is 1. The first kappa shape index (κ1) is 12.6. The number of nitrogens with zero attached hydrogens (tertiary/aromatic N) is 1. The zero-order valence-corrected chi connectivity index (χ0v) is 11.6. The van der Waals surface area contributed by atoms with E-state index in [1.807, 2.05) is 23.1 Å². The Kier molecular flexibility index (Phi) is 2.82. The second-order valence-electron chi connectivity index (χ2n) is 5.99. The van der Waals surface area contributed by atoms with Gasteiger partial charge in [-0.25, -0.2) is 0 Å². The standard InChI is InChI=1S/C16H17N3O2/c20-15-13-4-2-1-3-10(13)5-14(18-15)16(21)19-8-11-6-17-7-12(11)9-19/h1-5,11-12,17H,6-9H2,(H,18,20)/t11-,12+. The predicted molar refractivity (Wildman–Crippen MR) is 80.3 cm³/mol. The maximum Gasteiger partial charge on any atom is 0.270 e. The van der Waals surface area contributed by atoms with Crippen molar-refractivity contribution in [1.82, 2.24) is 15.2 Å². The number of hydrogen-bond acceptors (Lipinski definition) is 3. The summed E-state index contributed by atoms with van der Waals surface area (Å²) in [7, 11) is 0. The Labute approximate surface area is 122 Å². The highest BCUT2D eigenvalue weighted by Crippen LogP contribution is 2.27. The Morgan fingerprint density at radius 2 is 1.86 bits per heavy atom. The maximum absolute atomic E-state index is 12.6. The van der Waals surface area contributed by atoms with Crippen LogP contribution in [0.25, 0.3) is 10.8 Å². The minimum absolute atomic E-state index is 0.0627. The molecule has 108 valence electrons. The lowest BCUT2D eigenvalue weighted by molar-refractivity contribution is 0.0776. The molecule has 2 aliphatic heterocycles. The van der Waals surface area contributed by atoms with Crippen LogP contribution in [0.2, 0.25) is 0 Å². The summed E-state index contributed by atoms with van der Waals surface area (Å²) in [6, 6.07) is 9.12. The highest BCUT2D eigenvalue weighted by Gasteiger charge is 2.38. The topological polar surface area (TPSA) is 65.2 Å². The molecular formula is C16H17N3O2. The van der Waals surface area contributed by atoms with Crippen molar-refractivity contribution in [2.45, 2.75) is 0 Å². The monoisotopic (exact) mass is 283 g/mol. The molecule has 0 radical (unpaired) electrons. The van der Waals surface area contributed by atoms with Crippen molar-refractivity contribution in [3.8, 4) is 0 Å². The van der Waals surface area contributed by atoms with Crippen molar-refractivity contribution >= 4 is 16.7 Å². The van der Waals surface area contributed by atoms with Gasteiger partial charge in [0.2, 0.25) is 0 Å². The number of pyridine rings is 1. The van der Waals surface area contributed by atoms with E-state index in [9.17, 15) is 9.59 Å². The first-order valence-electron chi connectivity index (χ1n) is 7.34. The molecule has 1 amide bonds. The van der Waals surface area contributed by atoms with E-state index in [-0.39, 0.29) is 11.5 Å². The molecule has 2 aromatic rings. The lowest BCUT2D eigenvalue weighted by Gasteiger charge is -2.17. The molecule has 0 aliphatic carbocycles. The van der Waals surface area contributed by atoms with Gasteiger partial charge in [-0.3, -0.25) is 9.59 Å². The summed E-state index contributed by atoms with van der Waals surface area (Å²) in [5, 5.41) is 4.79. The fourth-order valence-corrected chi connectivity index (χ4v) is 3.52. The summed E-state index contributed by atoms with van der Waals surface area (Å²) in [5.41, 5.74) is 0.198. The average Bonchev–Trinajstić information content (AvgIpc) is 3.07. The van der Waals surface area contributed by atoms with E-state index in [1.165, 1.54) is 0 Å². The van der Waals surface area contributed by atoms with Gasteiger partial charge in [0.25, 0.3) is 11.5 Å². The number of fused-ring (bicyclic) bond motifs is 2. The number of likely N-dealkylation sites (tertiary alicyclic amines) is 1. The first-order valence-corrected chi connectivity index (χ1v) is 7.34. The van der Waals surface area contributed by atoms with Gasteiger partial charge in [0.05, 0.1) is 0 Å². The SMILES string of the molecule is O=C(c1cc2ccccc2c(=O)[nH]1)N1C[C@H]2CNC[C@H]2C1. The predicted octanol–water partition coefficient (Wildman–Crippen LogP) is 0.819. The summed E-state index contributed by atoms with van der Waals surface area (Å²) in [6.07, 6.45) is 0. The minimum atomic E-state index is -0.197.